The fourth-order valence-corrected chi connectivity index (χ4v) is 1.12. The molecule has 0 rings (SSSR count). The van der Waals surface area contributed by atoms with Crippen LogP contribution < -0.4 is 11.5 Å². The Morgan fingerprint density at radius 2 is 1.50 bits per heavy atom. The van der Waals surface area contributed by atoms with Crippen LogP contribution in [0, 0.1) is 0 Å². The summed E-state index contributed by atoms with van der Waals surface area (Å²) in [5, 5.41) is 0. The number of hydrogen-bond acceptors (Lipinski definition) is 4. The maximum absolute atomic E-state index is 5.38. The van der Waals surface area contributed by atoms with Gasteiger partial charge in [0.2, 0.25) is 0 Å². The topological polar surface area (TPSA) is 55.3 Å². The Morgan fingerprint density at radius 1 is 1.00 bits per heavy atom. The van der Waals surface area contributed by atoms with Crippen LogP contribution in [0.1, 0.15) is 0 Å². The molecule has 0 amide bonds. The normalized spacial score (nSPS) is 10.8. The summed E-state index contributed by atoms with van der Waals surface area (Å²) in [7, 11) is 0. The van der Waals surface area contributed by atoms with E-state index in [4.69, 9.17) is 11.5 Å². The van der Waals surface area contributed by atoms with Crippen molar-refractivity contribution in [2.75, 3.05) is 38.5 Å². The van der Waals surface area contributed by atoms with Crippen LogP contribution >= 0.6 is 12.6 Å². The van der Waals surface area contributed by atoms with Crippen molar-refractivity contribution in [3.05, 3.63) is 0 Å². The van der Waals surface area contributed by atoms with E-state index < -0.39 is 0 Å². The molecule has 4 N–H and O–H groups in total. The Kier molecular flexibility index (Phi) is 7.51. The second kappa shape index (κ2) is 7.34. The molecule has 0 bridgehead atoms. The van der Waals surface area contributed by atoms with Gasteiger partial charge in [0.1, 0.15) is 0 Å². The first-order valence-corrected chi connectivity index (χ1v) is 4.21. The summed E-state index contributed by atoms with van der Waals surface area (Å²) >= 11 is 4.12. The molecule has 62 valence electrons. The third kappa shape index (κ3) is 5.05. The molecule has 3 nitrogen and oxygen atoms in total. The van der Waals surface area contributed by atoms with Crippen molar-refractivity contribution in [2.24, 2.45) is 11.5 Å². The van der Waals surface area contributed by atoms with Gasteiger partial charge in [-0.3, -0.25) is 0 Å². The number of thiol groups is 1. The highest BCUT2D eigenvalue weighted by Crippen LogP contribution is 1.86. The van der Waals surface area contributed by atoms with Crippen LogP contribution in [0.4, 0.5) is 0 Å². The van der Waals surface area contributed by atoms with Crippen LogP contribution in [-0.2, 0) is 0 Å². The van der Waals surface area contributed by atoms with E-state index in [1.165, 1.54) is 0 Å². The Morgan fingerprint density at radius 3 is 1.80 bits per heavy atom. The van der Waals surface area contributed by atoms with Crippen LogP contribution in [0.2, 0.25) is 0 Å². The Bertz CT molecular complexity index is 55.7. The molecule has 0 saturated carbocycles. The lowest BCUT2D eigenvalue weighted by Crippen LogP contribution is -2.35. The summed E-state index contributed by atoms with van der Waals surface area (Å²) in [6.45, 7) is 4.24. The molecule has 0 fully saturated rings. The third-order valence-electron chi connectivity index (χ3n) is 1.31. The van der Waals surface area contributed by atoms with Crippen molar-refractivity contribution in [2.45, 2.75) is 0 Å². The van der Waals surface area contributed by atoms with Gasteiger partial charge in [-0.05, 0) is 0 Å². The maximum atomic E-state index is 5.38. The standard InChI is InChI=1S/C6H17N3S/c7-1-3-9(4-2-8)5-6-10/h10H,1-8H2. The molecule has 0 saturated heterocycles. The Hall–Kier alpha value is 0.230. The predicted molar refractivity (Wildman–Crippen MR) is 48.4 cm³/mol. The van der Waals surface area contributed by atoms with Crippen molar-refractivity contribution in [3.8, 4) is 0 Å². The van der Waals surface area contributed by atoms with E-state index in [0.29, 0.717) is 13.1 Å². The van der Waals surface area contributed by atoms with E-state index in [-0.39, 0.29) is 0 Å². The first-order valence-electron chi connectivity index (χ1n) is 3.58. The van der Waals surface area contributed by atoms with Crippen LogP contribution in [0.3, 0.4) is 0 Å². The average molecular weight is 163 g/mol. The Balaban J connectivity index is 3.30. The van der Waals surface area contributed by atoms with Gasteiger partial charge in [-0.15, -0.1) is 0 Å². The molecule has 0 spiro atoms. The lowest BCUT2D eigenvalue weighted by molar-refractivity contribution is 0.307. The molecule has 0 atom stereocenters. The summed E-state index contributed by atoms with van der Waals surface area (Å²) in [4.78, 5) is 2.22. The highest BCUT2D eigenvalue weighted by molar-refractivity contribution is 7.80. The minimum Gasteiger partial charge on any atom is -0.329 e. The van der Waals surface area contributed by atoms with E-state index in [1.807, 2.05) is 0 Å². The quantitative estimate of drug-likeness (QED) is 0.446. The van der Waals surface area contributed by atoms with Crippen LogP contribution in [0.5, 0.6) is 0 Å². The Labute approximate surface area is 68.2 Å². The highest BCUT2D eigenvalue weighted by atomic mass is 32.1. The third-order valence-corrected chi connectivity index (χ3v) is 1.51. The molecule has 0 aromatic heterocycles. The molecule has 0 aliphatic rings. The molecule has 0 aliphatic carbocycles. The smallest absolute Gasteiger partial charge is 0.0105 e. The van der Waals surface area contributed by atoms with E-state index in [2.05, 4.69) is 17.5 Å². The van der Waals surface area contributed by atoms with E-state index in [1.54, 1.807) is 0 Å². The molecule has 0 aromatic carbocycles. The van der Waals surface area contributed by atoms with Gasteiger partial charge < -0.3 is 16.4 Å². The van der Waals surface area contributed by atoms with E-state index in [0.717, 1.165) is 25.4 Å². The minimum atomic E-state index is 0.702. The summed E-state index contributed by atoms with van der Waals surface area (Å²) in [5.74, 6) is 0.875. The average Bonchev–Trinajstić information content (AvgIpc) is 1.90. The van der Waals surface area contributed by atoms with E-state index in [9.17, 15) is 0 Å². The zero-order valence-electron chi connectivity index (χ0n) is 6.29. The van der Waals surface area contributed by atoms with Gasteiger partial charge in [-0.25, -0.2) is 0 Å². The number of nitrogens with two attached hydrogens (primary N) is 2. The SMILES string of the molecule is NCCN(CCN)CCS. The molecule has 4 heteroatoms. The maximum Gasteiger partial charge on any atom is 0.0105 e. The highest BCUT2D eigenvalue weighted by Gasteiger charge is 1.98. The molecule has 10 heavy (non-hydrogen) atoms. The largest absolute Gasteiger partial charge is 0.329 e. The van der Waals surface area contributed by atoms with Crippen molar-refractivity contribution in [1.29, 1.82) is 0 Å². The first kappa shape index (κ1) is 10.2. The van der Waals surface area contributed by atoms with Crippen LogP contribution in [-0.4, -0.2) is 43.4 Å². The zero-order chi connectivity index (χ0) is 7.82. The predicted octanol–water partition coefficient (Wildman–Crippen LogP) is -0.864. The number of hydrogen-bond donors (Lipinski definition) is 3. The number of rotatable bonds is 6. The number of nitrogens with zero attached hydrogens (tertiary/aromatic N) is 1. The van der Waals surface area contributed by atoms with Gasteiger partial charge in [0.25, 0.3) is 0 Å². The summed E-state index contributed by atoms with van der Waals surface area (Å²) < 4.78 is 0. The molecule has 0 radical (unpaired) electrons. The fourth-order valence-electron chi connectivity index (χ4n) is 0.842. The lowest BCUT2D eigenvalue weighted by Gasteiger charge is -2.18. The summed E-state index contributed by atoms with van der Waals surface area (Å²) in [6.07, 6.45) is 0. The van der Waals surface area contributed by atoms with E-state index >= 15 is 0 Å². The van der Waals surface area contributed by atoms with Gasteiger partial charge in [0.15, 0.2) is 0 Å². The zero-order valence-corrected chi connectivity index (χ0v) is 7.19. The molecular weight excluding hydrogens is 146 g/mol. The summed E-state index contributed by atoms with van der Waals surface area (Å²) in [6, 6.07) is 0. The van der Waals surface area contributed by atoms with Gasteiger partial charge in [0.05, 0.1) is 0 Å². The van der Waals surface area contributed by atoms with Crippen molar-refractivity contribution >= 4 is 12.6 Å². The molecule has 0 aliphatic heterocycles. The fraction of sp³-hybridized carbons (Fsp3) is 1.00. The molecule has 0 heterocycles. The van der Waals surface area contributed by atoms with Gasteiger partial charge in [0, 0.05) is 38.5 Å². The molecular formula is C6H17N3S. The minimum absolute atomic E-state index is 0.702. The van der Waals surface area contributed by atoms with Crippen molar-refractivity contribution in [1.82, 2.24) is 4.90 Å². The second-order valence-electron chi connectivity index (χ2n) is 2.14. The van der Waals surface area contributed by atoms with Gasteiger partial charge in [-0.2, -0.15) is 12.6 Å². The lowest BCUT2D eigenvalue weighted by atomic mass is 10.4. The van der Waals surface area contributed by atoms with Crippen molar-refractivity contribution in [3.63, 3.8) is 0 Å². The molecule has 0 aromatic rings. The van der Waals surface area contributed by atoms with Crippen LogP contribution in [0.25, 0.3) is 0 Å². The van der Waals surface area contributed by atoms with Crippen LogP contribution in [0.15, 0.2) is 0 Å². The van der Waals surface area contributed by atoms with Crippen molar-refractivity contribution < 1.29 is 0 Å². The molecule has 0 unspecified atom stereocenters. The van der Waals surface area contributed by atoms with Gasteiger partial charge >= 0.3 is 0 Å². The summed E-state index contributed by atoms with van der Waals surface area (Å²) in [5.41, 5.74) is 10.8. The first-order chi connectivity index (χ1) is 4.85. The monoisotopic (exact) mass is 163 g/mol. The second-order valence-corrected chi connectivity index (χ2v) is 2.59. The van der Waals surface area contributed by atoms with Gasteiger partial charge in [-0.1, -0.05) is 0 Å².